The number of nitrogens with one attached hydrogen (secondary N) is 1. The highest BCUT2D eigenvalue weighted by Gasteiger charge is 2.08. The predicted molar refractivity (Wildman–Crippen MR) is 71.6 cm³/mol. The molecule has 1 heteroatoms. The summed E-state index contributed by atoms with van der Waals surface area (Å²) < 4.78 is 0. The SMILES string of the molecule is CCc1ccc(CNCCC(C)(C)C)cc1. The standard InChI is InChI=1S/C15H25N/c1-5-13-6-8-14(9-7-13)12-16-11-10-15(2,3)4/h6-9,16H,5,10-12H2,1-4H3. The summed E-state index contributed by atoms with van der Waals surface area (Å²) in [4.78, 5) is 0. The zero-order chi connectivity index (χ0) is 12.0. The van der Waals surface area contributed by atoms with Gasteiger partial charge in [-0.25, -0.2) is 0 Å². The summed E-state index contributed by atoms with van der Waals surface area (Å²) in [5.41, 5.74) is 3.23. The molecule has 0 aliphatic carbocycles. The fraction of sp³-hybridized carbons (Fsp3) is 0.600. The lowest BCUT2D eigenvalue weighted by atomic mass is 9.92. The fourth-order valence-electron chi connectivity index (χ4n) is 1.59. The van der Waals surface area contributed by atoms with Gasteiger partial charge < -0.3 is 5.32 Å². The van der Waals surface area contributed by atoms with Gasteiger partial charge in [-0.15, -0.1) is 0 Å². The molecular formula is C15H25N. The lowest BCUT2D eigenvalue weighted by Crippen LogP contribution is -2.20. The van der Waals surface area contributed by atoms with Crippen molar-refractivity contribution in [3.63, 3.8) is 0 Å². The molecule has 0 radical (unpaired) electrons. The Morgan fingerprint density at radius 2 is 1.56 bits per heavy atom. The Kier molecular flexibility index (Phi) is 5.01. The Labute approximate surface area is 100 Å². The Morgan fingerprint density at radius 3 is 2.06 bits per heavy atom. The second-order valence-electron chi connectivity index (χ2n) is 5.66. The molecule has 1 rings (SSSR count). The highest BCUT2D eigenvalue weighted by atomic mass is 14.8. The minimum absolute atomic E-state index is 0.430. The molecule has 0 saturated heterocycles. The van der Waals surface area contributed by atoms with Crippen LogP contribution in [0.2, 0.25) is 0 Å². The second-order valence-corrected chi connectivity index (χ2v) is 5.66. The maximum atomic E-state index is 3.50. The summed E-state index contributed by atoms with van der Waals surface area (Å²) >= 11 is 0. The van der Waals surface area contributed by atoms with Crippen molar-refractivity contribution in [2.75, 3.05) is 6.54 Å². The van der Waals surface area contributed by atoms with Gasteiger partial charge in [0, 0.05) is 6.54 Å². The molecule has 0 atom stereocenters. The van der Waals surface area contributed by atoms with E-state index in [0.29, 0.717) is 5.41 Å². The van der Waals surface area contributed by atoms with E-state index in [2.05, 4.69) is 57.3 Å². The van der Waals surface area contributed by atoms with E-state index >= 15 is 0 Å². The molecule has 1 aromatic carbocycles. The van der Waals surface area contributed by atoms with E-state index < -0.39 is 0 Å². The van der Waals surface area contributed by atoms with Crippen molar-refractivity contribution in [2.45, 2.75) is 47.1 Å². The molecule has 1 nitrogen and oxygen atoms in total. The molecule has 0 saturated carbocycles. The first-order valence-electron chi connectivity index (χ1n) is 6.30. The van der Waals surface area contributed by atoms with Gasteiger partial charge in [0.05, 0.1) is 0 Å². The smallest absolute Gasteiger partial charge is 0.0205 e. The van der Waals surface area contributed by atoms with E-state index in [0.717, 1.165) is 19.5 Å². The van der Waals surface area contributed by atoms with Crippen LogP contribution in [-0.2, 0) is 13.0 Å². The molecule has 90 valence electrons. The topological polar surface area (TPSA) is 12.0 Å². The third-order valence-electron chi connectivity index (χ3n) is 2.81. The largest absolute Gasteiger partial charge is 0.313 e. The van der Waals surface area contributed by atoms with E-state index in [1.54, 1.807) is 0 Å². The Bertz CT molecular complexity index is 292. The van der Waals surface area contributed by atoms with Crippen LogP contribution in [0.5, 0.6) is 0 Å². The van der Waals surface area contributed by atoms with Gasteiger partial charge in [0.25, 0.3) is 0 Å². The molecule has 0 bridgehead atoms. The Hall–Kier alpha value is -0.820. The van der Waals surface area contributed by atoms with E-state index in [-0.39, 0.29) is 0 Å². The van der Waals surface area contributed by atoms with Crippen LogP contribution in [0, 0.1) is 5.41 Å². The van der Waals surface area contributed by atoms with Gasteiger partial charge in [0.1, 0.15) is 0 Å². The van der Waals surface area contributed by atoms with Gasteiger partial charge in [0.2, 0.25) is 0 Å². The first-order valence-corrected chi connectivity index (χ1v) is 6.30. The Morgan fingerprint density at radius 1 is 1.00 bits per heavy atom. The van der Waals surface area contributed by atoms with Crippen molar-refractivity contribution in [3.05, 3.63) is 35.4 Å². The number of benzene rings is 1. The monoisotopic (exact) mass is 219 g/mol. The van der Waals surface area contributed by atoms with Gasteiger partial charge in [0.15, 0.2) is 0 Å². The van der Waals surface area contributed by atoms with E-state index in [1.807, 2.05) is 0 Å². The number of hydrogen-bond donors (Lipinski definition) is 1. The summed E-state index contributed by atoms with van der Waals surface area (Å²) in [6.07, 6.45) is 2.35. The van der Waals surface area contributed by atoms with Gasteiger partial charge in [-0.05, 0) is 35.9 Å². The first-order chi connectivity index (χ1) is 7.51. The van der Waals surface area contributed by atoms with Crippen LogP contribution in [0.25, 0.3) is 0 Å². The minimum Gasteiger partial charge on any atom is -0.313 e. The summed E-state index contributed by atoms with van der Waals surface area (Å²) in [5, 5.41) is 3.50. The highest BCUT2D eigenvalue weighted by molar-refractivity contribution is 5.22. The molecule has 16 heavy (non-hydrogen) atoms. The normalized spacial score (nSPS) is 11.8. The van der Waals surface area contributed by atoms with Crippen LogP contribution in [0.3, 0.4) is 0 Å². The zero-order valence-electron chi connectivity index (χ0n) is 11.1. The maximum absolute atomic E-state index is 3.50. The molecule has 0 unspecified atom stereocenters. The molecule has 0 amide bonds. The molecule has 0 heterocycles. The van der Waals surface area contributed by atoms with Crippen LogP contribution in [0.1, 0.15) is 45.2 Å². The van der Waals surface area contributed by atoms with Crippen molar-refractivity contribution in [3.8, 4) is 0 Å². The quantitative estimate of drug-likeness (QED) is 0.743. The lowest BCUT2D eigenvalue weighted by Gasteiger charge is -2.18. The van der Waals surface area contributed by atoms with Gasteiger partial charge in [-0.3, -0.25) is 0 Å². The average molecular weight is 219 g/mol. The summed E-state index contributed by atoms with van der Waals surface area (Å²) in [6, 6.07) is 8.90. The van der Waals surface area contributed by atoms with E-state index in [4.69, 9.17) is 0 Å². The molecule has 1 aromatic rings. The van der Waals surface area contributed by atoms with Crippen LogP contribution >= 0.6 is 0 Å². The first kappa shape index (κ1) is 13.2. The number of rotatable bonds is 5. The van der Waals surface area contributed by atoms with Crippen LogP contribution in [0.15, 0.2) is 24.3 Å². The molecule has 1 N–H and O–H groups in total. The third-order valence-corrected chi connectivity index (χ3v) is 2.81. The van der Waals surface area contributed by atoms with Crippen LogP contribution in [0.4, 0.5) is 0 Å². The molecule has 0 aromatic heterocycles. The molecule has 0 fully saturated rings. The fourth-order valence-corrected chi connectivity index (χ4v) is 1.59. The molecular weight excluding hydrogens is 194 g/mol. The molecule has 0 aliphatic heterocycles. The van der Waals surface area contributed by atoms with Crippen LogP contribution < -0.4 is 5.32 Å². The van der Waals surface area contributed by atoms with Crippen molar-refractivity contribution >= 4 is 0 Å². The minimum atomic E-state index is 0.430. The average Bonchev–Trinajstić information content (AvgIpc) is 2.24. The van der Waals surface area contributed by atoms with Gasteiger partial charge >= 0.3 is 0 Å². The van der Waals surface area contributed by atoms with Crippen LogP contribution in [-0.4, -0.2) is 6.54 Å². The molecule has 0 spiro atoms. The van der Waals surface area contributed by atoms with E-state index in [1.165, 1.54) is 17.5 Å². The summed E-state index contributed by atoms with van der Waals surface area (Å²) in [6.45, 7) is 11.1. The van der Waals surface area contributed by atoms with Crippen molar-refractivity contribution in [2.24, 2.45) is 5.41 Å². The second kappa shape index (κ2) is 6.05. The van der Waals surface area contributed by atoms with Crippen molar-refractivity contribution in [1.29, 1.82) is 0 Å². The predicted octanol–water partition coefficient (Wildman–Crippen LogP) is 3.77. The van der Waals surface area contributed by atoms with E-state index in [9.17, 15) is 0 Å². The lowest BCUT2D eigenvalue weighted by molar-refractivity contribution is 0.366. The maximum Gasteiger partial charge on any atom is 0.0205 e. The summed E-state index contributed by atoms with van der Waals surface area (Å²) in [7, 11) is 0. The van der Waals surface area contributed by atoms with Crippen molar-refractivity contribution < 1.29 is 0 Å². The summed E-state index contributed by atoms with van der Waals surface area (Å²) in [5.74, 6) is 0. The molecule has 0 aliphatic rings. The van der Waals surface area contributed by atoms with Crippen molar-refractivity contribution in [1.82, 2.24) is 5.32 Å². The Balaban J connectivity index is 2.27. The van der Waals surface area contributed by atoms with Gasteiger partial charge in [-0.1, -0.05) is 52.0 Å². The van der Waals surface area contributed by atoms with Gasteiger partial charge in [-0.2, -0.15) is 0 Å². The highest BCUT2D eigenvalue weighted by Crippen LogP contribution is 2.17. The zero-order valence-corrected chi connectivity index (χ0v) is 11.1. The number of aryl methyl sites for hydroxylation is 1. The third kappa shape index (κ3) is 5.32. The number of hydrogen-bond acceptors (Lipinski definition) is 1.